The average molecular weight is 298 g/mol. The van der Waals surface area contributed by atoms with Crippen molar-refractivity contribution >= 4 is 35.1 Å². The van der Waals surface area contributed by atoms with Gasteiger partial charge in [0.1, 0.15) is 5.54 Å². The smallest absolute Gasteiger partial charge is 0.407 e. The molecule has 2 aliphatic rings. The number of carboxylic acid groups (broad SMARTS) is 1. The lowest BCUT2D eigenvalue weighted by molar-refractivity contribution is -0.122. The molecule has 2 amide bonds. The second-order valence-electron chi connectivity index (χ2n) is 4.98. The van der Waals surface area contributed by atoms with Crippen LogP contribution in [0.25, 0.3) is 0 Å². The van der Waals surface area contributed by atoms with E-state index < -0.39 is 11.6 Å². The van der Waals surface area contributed by atoms with Gasteiger partial charge in [-0.3, -0.25) is 4.79 Å². The molecule has 1 saturated heterocycles. The number of aromatic nitrogens is 2. The molecule has 1 aromatic heterocycles. The predicted octanol–water partition coefficient (Wildman–Crippen LogP) is 0.641. The molecule has 106 valence electrons. The number of hydrogen-bond donors (Lipinski definition) is 2. The summed E-state index contributed by atoms with van der Waals surface area (Å²) in [5, 5.41) is 19.5. The molecule has 1 atom stereocenters. The van der Waals surface area contributed by atoms with Crippen LogP contribution in [0.3, 0.4) is 0 Å². The van der Waals surface area contributed by atoms with Crippen LogP contribution >= 0.6 is 11.6 Å². The molecule has 3 heterocycles. The Morgan fingerprint density at radius 3 is 2.95 bits per heavy atom. The topological polar surface area (TPSA) is 98.7 Å². The molecule has 0 aliphatic carbocycles. The predicted molar refractivity (Wildman–Crippen MR) is 71.0 cm³/mol. The van der Waals surface area contributed by atoms with Gasteiger partial charge in [0.2, 0.25) is 0 Å². The maximum atomic E-state index is 12.3. The maximum absolute atomic E-state index is 12.3. The van der Waals surface area contributed by atoms with Crippen molar-refractivity contribution < 1.29 is 14.7 Å². The van der Waals surface area contributed by atoms with Crippen molar-refractivity contribution in [1.29, 1.82) is 0 Å². The Hall–Kier alpha value is -2.09. The summed E-state index contributed by atoms with van der Waals surface area (Å²) < 4.78 is 0. The SMILES string of the molecule is CC12CN(C(=O)O)CCN1c1cc(Cl)nnc1NC2=O. The molecule has 9 heteroatoms. The molecular weight excluding hydrogens is 286 g/mol. The van der Waals surface area contributed by atoms with Gasteiger partial charge in [-0.25, -0.2) is 4.79 Å². The van der Waals surface area contributed by atoms with Crippen LogP contribution in [0.5, 0.6) is 0 Å². The van der Waals surface area contributed by atoms with E-state index >= 15 is 0 Å². The Balaban J connectivity index is 2.04. The number of hydrogen-bond acceptors (Lipinski definition) is 5. The fraction of sp³-hybridized carbons (Fsp3) is 0.455. The normalized spacial score (nSPS) is 24.8. The first-order valence-electron chi connectivity index (χ1n) is 6.02. The number of anilines is 2. The van der Waals surface area contributed by atoms with Gasteiger partial charge in [0.25, 0.3) is 5.91 Å². The highest BCUT2D eigenvalue weighted by molar-refractivity contribution is 6.29. The third-order valence-electron chi connectivity index (χ3n) is 3.71. The summed E-state index contributed by atoms with van der Waals surface area (Å²) in [4.78, 5) is 26.5. The van der Waals surface area contributed by atoms with Gasteiger partial charge >= 0.3 is 6.09 Å². The number of nitrogens with one attached hydrogen (secondary N) is 1. The summed E-state index contributed by atoms with van der Waals surface area (Å²) in [6.07, 6.45) is -1.03. The zero-order valence-corrected chi connectivity index (χ0v) is 11.4. The Kier molecular flexibility index (Phi) is 2.72. The molecule has 0 spiro atoms. The van der Waals surface area contributed by atoms with E-state index in [4.69, 9.17) is 16.7 Å². The van der Waals surface area contributed by atoms with Gasteiger partial charge in [-0.2, -0.15) is 0 Å². The number of halogens is 1. The highest BCUT2D eigenvalue weighted by Crippen LogP contribution is 2.38. The Bertz CT molecular complexity index is 610. The first-order chi connectivity index (χ1) is 9.41. The third-order valence-corrected chi connectivity index (χ3v) is 3.90. The summed E-state index contributed by atoms with van der Waals surface area (Å²) in [7, 11) is 0. The molecule has 8 nitrogen and oxygen atoms in total. The summed E-state index contributed by atoms with van der Waals surface area (Å²) in [5.41, 5.74) is -0.312. The minimum Gasteiger partial charge on any atom is -0.465 e. The molecule has 0 bridgehead atoms. The van der Waals surface area contributed by atoms with E-state index in [1.165, 1.54) is 4.90 Å². The van der Waals surface area contributed by atoms with Crippen molar-refractivity contribution in [2.24, 2.45) is 0 Å². The van der Waals surface area contributed by atoms with Crippen molar-refractivity contribution in [3.05, 3.63) is 11.2 Å². The highest BCUT2D eigenvalue weighted by atomic mass is 35.5. The van der Waals surface area contributed by atoms with Crippen LogP contribution in [0.2, 0.25) is 5.15 Å². The zero-order chi connectivity index (χ0) is 14.5. The van der Waals surface area contributed by atoms with Crippen LogP contribution in [-0.2, 0) is 4.79 Å². The van der Waals surface area contributed by atoms with Crippen molar-refractivity contribution in [2.75, 3.05) is 29.9 Å². The molecule has 1 fully saturated rings. The molecule has 0 saturated carbocycles. The standard InChI is InChI=1S/C11H12ClN5O3/c1-11-5-16(10(19)20)2-3-17(11)6-4-7(12)14-15-8(6)13-9(11)18/h4H,2-3,5H2,1H3,(H,19,20)(H,13,15,18). The number of carbonyl (C=O) groups is 2. The van der Waals surface area contributed by atoms with E-state index in [1.54, 1.807) is 13.0 Å². The summed E-state index contributed by atoms with van der Waals surface area (Å²) >= 11 is 5.85. The molecule has 1 aromatic rings. The van der Waals surface area contributed by atoms with Gasteiger partial charge < -0.3 is 20.2 Å². The van der Waals surface area contributed by atoms with E-state index in [0.29, 0.717) is 24.6 Å². The number of amides is 2. The van der Waals surface area contributed by atoms with Crippen LogP contribution in [0, 0.1) is 0 Å². The van der Waals surface area contributed by atoms with Crippen molar-refractivity contribution in [3.8, 4) is 0 Å². The lowest BCUT2D eigenvalue weighted by atomic mass is 9.92. The van der Waals surface area contributed by atoms with Crippen LogP contribution in [0.15, 0.2) is 6.07 Å². The van der Waals surface area contributed by atoms with Gasteiger partial charge in [-0.05, 0) is 6.92 Å². The summed E-state index contributed by atoms with van der Waals surface area (Å²) in [6.45, 7) is 2.51. The minimum absolute atomic E-state index is 0.0908. The number of nitrogens with zero attached hydrogens (tertiary/aromatic N) is 4. The first kappa shape index (κ1) is 12.9. The molecule has 3 rings (SSSR count). The first-order valence-corrected chi connectivity index (χ1v) is 6.40. The molecule has 0 radical (unpaired) electrons. The largest absolute Gasteiger partial charge is 0.465 e. The monoisotopic (exact) mass is 297 g/mol. The van der Waals surface area contributed by atoms with Crippen LogP contribution in [0.1, 0.15) is 6.92 Å². The highest BCUT2D eigenvalue weighted by Gasteiger charge is 2.49. The quantitative estimate of drug-likeness (QED) is 0.729. The molecule has 2 N–H and O–H groups in total. The number of carbonyl (C=O) groups excluding carboxylic acids is 1. The second-order valence-corrected chi connectivity index (χ2v) is 5.37. The fourth-order valence-corrected chi connectivity index (χ4v) is 2.78. The summed E-state index contributed by atoms with van der Waals surface area (Å²) in [6, 6.07) is 1.62. The van der Waals surface area contributed by atoms with Crippen LogP contribution < -0.4 is 10.2 Å². The number of rotatable bonds is 0. The third kappa shape index (κ3) is 1.75. The van der Waals surface area contributed by atoms with Crippen LogP contribution in [0.4, 0.5) is 16.3 Å². The minimum atomic E-state index is -1.03. The molecule has 0 aromatic carbocycles. The molecule has 2 aliphatic heterocycles. The molecular formula is C11H12ClN5O3. The lowest BCUT2D eigenvalue weighted by Gasteiger charge is -2.50. The van der Waals surface area contributed by atoms with E-state index in [1.807, 2.05) is 4.90 Å². The van der Waals surface area contributed by atoms with Gasteiger partial charge in [0.15, 0.2) is 11.0 Å². The van der Waals surface area contributed by atoms with Crippen molar-refractivity contribution in [3.63, 3.8) is 0 Å². The van der Waals surface area contributed by atoms with E-state index in [0.717, 1.165) is 0 Å². The van der Waals surface area contributed by atoms with Gasteiger partial charge in [-0.1, -0.05) is 11.6 Å². The average Bonchev–Trinajstić information content (AvgIpc) is 2.39. The Morgan fingerprint density at radius 2 is 2.25 bits per heavy atom. The van der Waals surface area contributed by atoms with E-state index in [2.05, 4.69) is 15.5 Å². The Morgan fingerprint density at radius 1 is 1.50 bits per heavy atom. The van der Waals surface area contributed by atoms with Crippen LogP contribution in [-0.4, -0.2) is 57.4 Å². The van der Waals surface area contributed by atoms with Gasteiger partial charge in [0.05, 0.1) is 12.2 Å². The van der Waals surface area contributed by atoms with E-state index in [-0.39, 0.29) is 17.6 Å². The molecule has 20 heavy (non-hydrogen) atoms. The zero-order valence-electron chi connectivity index (χ0n) is 10.6. The maximum Gasteiger partial charge on any atom is 0.407 e. The second kappa shape index (κ2) is 4.20. The van der Waals surface area contributed by atoms with Crippen molar-refractivity contribution in [2.45, 2.75) is 12.5 Å². The van der Waals surface area contributed by atoms with E-state index in [9.17, 15) is 9.59 Å². The number of fused-ring (bicyclic) bond motifs is 3. The van der Waals surface area contributed by atoms with Gasteiger partial charge in [0, 0.05) is 19.2 Å². The summed E-state index contributed by atoms with van der Waals surface area (Å²) in [5.74, 6) is 0.0493. The van der Waals surface area contributed by atoms with Crippen molar-refractivity contribution in [1.82, 2.24) is 15.1 Å². The van der Waals surface area contributed by atoms with Gasteiger partial charge in [-0.15, -0.1) is 10.2 Å². The lowest BCUT2D eigenvalue weighted by Crippen LogP contribution is -2.68. The number of piperazine rings is 1. The Labute approximate surface area is 119 Å². The molecule has 1 unspecified atom stereocenters. The fourth-order valence-electron chi connectivity index (χ4n) is 2.64.